The fraction of sp³-hybridized carbons (Fsp3) is 0.500. The molecule has 0 aliphatic carbocycles. The molecule has 0 radical (unpaired) electrons. The number of urea groups is 1. The van der Waals surface area contributed by atoms with Gasteiger partial charge in [0.05, 0.1) is 0 Å². The van der Waals surface area contributed by atoms with E-state index in [1.165, 1.54) is 0 Å². The molecule has 1 saturated heterocycles. The molecule has 6 heteroatoms. The minimum Gasteiger partial charge on any atom is -0.381 e. The monoisotopic (exact) mass is 314 g/mol. The highest BCUT2D eigenvalue weighted by atomic mass is 35.5. The van der Waals surface area contributed by atoms with Crippen LogP contribution in [0, 0.1) is 0 Å². The van der Waals surface area contributed by atoms with Crippen molar-refractivity contribution in [2.45, 2.75) is 18.1 Å². The van der Waals surface area contributed by atoms with Gasteiger partial charge in [-0.15, -0.1) is 0 Å². The van der Waals surface area contributed by atoms with E-state index in [0.717, 1.165) is 31.8 Å². The molecule has 2 N–H and O–H groups in total. The van der Waals surface area contributed by atoms with Crippen LogP contribution >= 0.6 is 23.4 Å². The number of carbonyl (C=O) groups excluding carboxylic acids is 1. The topological polar surface area (TPSA) is 50.4 Å². The van der Waals surface area contributed by atoms with Crippen LogP contribution in [0.4, 0.5) is 10.5 Å². The number of ether oxygens (including phenoxy) is 1. The average molecular weight is 315 g/mol. The summed E-state index contributed by atoms with van der Waals surface area (Å²) in [6.07, 6.45) is 2.22. The lowest BCUT2D eigenvalue weighted by Crippen LogP contribution is -2.31. The number of thioether (sulfide) groups is 1. The van der Waals surface area contributed by atoms with Crippen molar-refractivity contribution in [3.8, 4) is 0 Å². The van der Waals surface area contributed by atoms with Gasteiger partial charge < -0.3 is 15.4 Å². The number of benzene rings is 1. The first-order valence-electron chi connectivity index (χ1n) is 6.74. The summed E-state index contributed by atoms with van der Waals surface area (Å²) in [4.78, 5) is 11.7. The van der Waals surface area contributed by atoms with Crippen molar-refractivity contribution >= 4 is 35.1 Å². The lowest BCUT2D eigenvalue weighted by molar-refractivity contribution is 0.100. The largest absolute Gasteiger partial charge is 0.381 e. The first-order chi connectivity index (χ1) is 9.74. The van der Waals surface area contributed by atoms with Crippen LogP contribution in [0.25, 0.3) is 0 Å². The van der Waals surface area contributed by atoms with Gasteiger partial charge in [-0.25, -0.2) is 4.79 Å². The van der Waals surface area contributed by atoms with Crippen LogP contribution in [-0.4, -0.2) is 36.8 Å². The van der Waals surface area contributed by atoms with Crippen LogP contribution in [0.3, 0.4) is 0 Å². The van der Waals surface area contributed by atoms with Crippen LogP contribution in [0.1, 0.15) is 12.8 Å². The lowest BCUT2D eigenvalue weighted by Gasteiger charge is -2.21. The van der Waals surface area contributed by atoms with Gasteiger partial charge in [-0.2, -0.15) is 11.8 Å². The number of halogens is 1. The average Bonchev–Trinajstić information content (AvgIpc) is 2.45. The molecule has 0 unspecified atom stereocenters. The molecule has 1 fully saturated rings. The summed E-state index contributed by atoms with van der Waals surface area (Å²) in [6, 6.07) is 6.91. The summed E-state index contributed by atoms with van der Waals surface area (Å²) in [7, 11) is 0. The second-order valence-corrected chi connectivity index (χ2v) is 6.42. The van der Waals surface area contributed by atoms with Crippen molar-refractivity contribution in [2.75, 3.05) is 30.8 Å². The summed E-state index contributed by atoms with van der Waals surface area (Å²) >= 11 is 7.76. The Morgan fingerprint density at radius 1 is 1.40 bits per heavy atom. The number of anilines is 1. The van der Waals surface area contributed by atoms with Gasteiger partial charge >= 0.3 is 6.03 Å². The number of nitrogens with one attached hydrogen (secondary N) is 2. The molecule has 1 aliphatic heterocycles. The van der Waals surface area contributed by atoms with Gasteiger partial charge in [-0.05, 0) is 31.0 Å². The quantitative estimate of drug-likeness (QED) is 0.819. The Morgan fingerprint density at radius 2 is 2.20 bits per heavy atom. The van der Waals surface area contributed by atoms with Crippen molar-refractivity contribution in [2.24, 2.45) is 0 Å². The fourth-order valence-electron chi connectivity index (χ4n) is 1.97. The number of hydrogen-bond donors (Lipinski definition) is 2. The molecule has 4 nitrogen and oxygen atoms in total. The van der Waals surface area contributed by atoms with E-state index in [1.807, 2.05) is 17.8 Å². The van der Waals surface area contributed by atoms with Gasteiger partial charge in [0.1, 0.15) is 0 Å². The van der Waals surface area contributed by atoms with Gasteiger partial charge in [0.25, 0.3) is 0 Å². The van der Waals surface area contributed by atoms with Crippen LogP contribution in [0.5, 0.6) is 0 Å². The molecule has 2 rings (SSSR count). The first-order valence-corrected chi connectivity index (χ1v) is 8.16. The Kier molecular flexibility index (Phi) is 6.50. The van der Waals surface area contributed by atoms with Gasteiger partial charge in [-0.1, -0.05) is 17.7 Å². The van der Waals surface area contributed by atoms with E-state index in [1.54, 1.807) is 18.2 Å². The summed E-state index contributed by atoms with van der Waals surface area (Å²) in [5.41, 5.74) is 0.701. The van der Waals surface area contributed by atoms with E-state index < -0.39 is 0 Å². The third-order valence-electron chi connectivity index (χ3n) is 2.99. The Balaban J connectivity index is 1.60. The highest BCUT2D eigenvalue weighted by Gasteiger charge is 2.13. The van der Waals surface area contributed by atoms with E-state index in [2.05, 4.69) is 10.6 Å². The van der Waals surface area contributed by atoms with Gasteiger partial charge in [0.2, 0.25) is 0 Å². The molecule has 1 aliphatic rings. The van der Waals surface area contributed by atoms with E-state index >= 15 is 0 Å². The van der Waals surface area contributed by atoms with E-state index in [4.69, 9.17) is 16.3 Å². The minimum atomic E-state index is -0.195. The Hall–Kier alpha value is -0.910. The highest BCUT2D eigenvalue weighted by molar-refractivity contribution is 7.99. The molecule has 2 amide bonds. The number of amides is 2. The molecule has 0 spiro atoms. The van der Waals surface area contributed by atoms with E-state index in [0.29, 0.717) is 22.5 Å². The fourth-order valence-corrected chi connectivity index (χ4v) is 3.24. The maximum atomic E-state index is 11.7. The normalized spacial score (nSPS) is 15.8. The predicted octanol–water partition coefficient (Wildman–Crippen LogP) is 3.37. The van der Waals surface area contributed by atoms with Crippen LogP contribution in [-0.2, 0) is 4.74 Å². The first kappa shape index (κ1) is 15.5. The molecular weight excluding hydrogens is 296 g/mol. The second-order valence-electron chi connectivity index (χ2n) is 4.57. The molecule has 20 heavy (non-hydrogen) atoms. The third kappa shape index (κ3) is 5.61. The highest BCUT2D eigenvalue weighted by Crippen LogP contribution is 2.21. The summed E-state index contributed by atoms with van der Waals surface area (Å²) in [6.45, 7) is 2.38. The Bertz CT molecular complexity index is 439. The molecule has 1 aromatic carbocycles. The maximum absolute atomic E-state index is 11.7. The minimum absolute atomic E-state index is 0.195. The van der Waals surface area contributed by atoms with Gasteiger partial charge in [0.15, 0.2) is 0 Å². The molecule has 1 aromatic rings. The number of carbonyl (C=O) groups is 1. The molecule has 0 atom stereocenters. The zero-order valence-corrected chi connectivity index (χ0v) is 12.8. The van der Waals surface area contributed by atoms with E-state index in [9.17, 15) is 4.79 Å². The molecule has 0 saturated carbocycles. The van der Waals surface area contributed by atoms with Gasteiger partial charge in [-0.3, -0.25) is 0 Å². The van der Waals surface area contributed by atoms with Crippen molar-refractivity contribution in [3.63, 3.8) is 0 Å². The Morgan fingerprint density at radius 3 is 2.95 bits per heavy atom. The van der Waals surface area contributed by atoms with Crippen molar-refractivity contribution in [1.82, 2.24) is 5.32 Å². The second kappa shape index (κ2) is 8.39. The summed E-state index contributed by atoms with van der Waals surface area (Å²) < 4.78 is 5.32. The SMILES string of the molecule is O=C(NCCSC1CCOCC1)Nc1cccc(Cl)c1. The van der Waals surface area contributed by atoms with Crippen molar-refractivity contribution in [3.05, 3.63) is 29.3 Å². The zero-order valence-electron chi connectivity index (χ0n) is 11.2. The third-order valence-corrected chi connectivity index (χ3v) is 4.61. The molecule has 0 bridgehead atoms. The smallest absolute Gasteiger partial charge is 0.319 e. The molecule has 0 aromatic heterocycles. The van der Waals surface area contributed by atoms with E-state index in [-0.39, 0.29) is 6.03 Å². The molecule has 1 heterocycles. The number of rotatable bonds is 5. The summed E-state index contributed by atoms with van der Waals surface area (Å²) in [5.74, 6) is 0.924. The standard InChI is InChI=1S/C14H19ClN2O2S/c15-11-2-1-3-12(10-11)17-14(18)16-6-9-20-13-4-7-19-8-5-13/h1-3,10,13H,4-9H2,(H2,16,17,18). The summed E-state index contributed by atoms with van der Waals surface area (Å²) in [5, 5.41) is 6.88. The van der Waals surface area contributed by atoms with Crippen LogP contribution in [0.2, 0.25) is 5.02 Å². The van der Waals surface area contributed by atoms with Crippen molar-refractivity contribution < 1.29 is 9.53 Å². The van der Waals surface area contributed by atoms with Crippen LogP contribution < -0.4 is 10.6 Å². The zero-order chi connectivity index (χ0) is 14.2. The molecule has 110 valence electrons. The van der Waals surface area contributed by atoms with Crippen molar-refractivity contribution in [1.29, 1.82) is 0 Å². The number of hydrogen-bond acceptors (Lipinski definition) is 3. The molecular formula is C14H19ClN2O2S. The Labute approximate surface area is 128 Å². The maximum Gasteiger partial charge on any atom is 0.319 e. The lowest BCUT2D eigenvalue weighted by atomic mass is 10.2. The van der Waals surface area contributed by atoms with Gasteiger partial charge in [0, 0.05) is 41.5 Å². The predicted molar refractivity (Wildman–Crippen MR) is 84.8 cm³/mol. The van der Waals surface area contributed by atoms with Crippen LogP contribution in [0.15, 0.2) is 24.3 Å².